The van der Waals surface area contributed by atoms with E-state index in [1.54, 1.807) is 33.3 Å². The van der Waals surface area contributed by atoms with E-state index in [-0.39, 0.29) is 42.1 Å². The second-order valence-corrected chi connectivity index (χ2v) is 6.72. The van der Waals surface area contributed by atoms with Gasteiger partial charge in [-0.1, -0.05) is 30.3 Å². The Labute approximate surface area is 199 Å². The van der Waals surface area contributed by atoms with Crippen molar-refractivity contribution in [3.05, 3.63) is 69.8 Å². The van der Waals surface area contributed by atoms with E-state index in [0.717, 1.165) is 16.9 Å². The summed E-state index contributed by atoms with van der Waals surface area (Å²) in [7, 11) is 5.01. The fraction of sp³-hybridized carbons (Fsp3) is 0.333. The summed E-state index contributed by atoms with van der Waals surface area (Å²) in [5.41, 5.74) is 1.92. The molecule has 2 aromatic rings. The molecule has 0 radical (unpaired) electrons. The SMILES string of the molecule is COc1ccccc1CCNC(=NCc1ccc([N+](=O)[O-])cc1)NCC(=O)N(C)C.I. The van der Waals surface area contributed by atoms with Crippen molar-refractivity contribution in [3.63, 3.8) is 0 Å². The van der Waals surface area contributed by atoms with Crippen LogP contribution < -0.4 is 15.4 Å². The van der Waals surface area contributed by atoms with Crippen molar-refractivity contribution in [1.29, 1.82) is 0 Å². The fourth-order valence-corrected chi connectivity index (χ4v) is 2.61. The zero-order valence-corrected chi connectivity index (χ0v) is 20.2. The molecule has 10 heteroatoms. The van der Waals surface area contributed by atoms with E-state index in [9.17, 15) is 14.9 Å². The number of aliphatic imine (C=N–C) groups is 1. The maximum absolute atomic E-state index is 11.9. The van der Waals surface area contributed by atoms with Gasteiger partial charge in [0.05, 0.1) is 25.1 Å². The quantitative estimate of drug-likeness (QED) is 0.166. The Hall–Kier alpha value is -2.89. The normalized spacial score (nSPS) is 10.6. The molecule has 0 heterocycles. The van der Waals surface area contributed by atoms with E-state index in [1.807, 2.05) is 24.3 Å². The first-order valence-electron chi connectivity index (χ1n) is 9.48. The molecule has 0 saturated carbocycles. The van der Waals surface area contributed by atoms with Gasteiger partial charge in [-0.2, -0.15) is 0 Å². The molecule has 31 heavy (non-hydrogen) atoms. The van der Waals surface area contributed by atoms with E-state index < -0.39 is 4.92 Å². The van der Waals surface area contributed by atoms with E-state index in [4.69, 9.17) is 4.74 Å². The number of carbonyl (C=O) groups is 1. The van der Waals surface area contributed by atoms with Crippen LogP contribution in [0.5, 0.6) is 5.75 Å². The zero-order chi connectivity index (χ0) is 21.9. The molecule has 2 rings (SSSR count). The molecule has 2 N–H and O–H groups in total. The van der Waals surface area contributed by atoms with Crippen molar-refractivity contribution in [3.8, 4) is 5.75 Å². The Kier molecular flexibility index (Phi) is 11.3. The topological polar surface area (TPSA) is 109 Å². The van der Waals surface area contributed by atoms with Crippen LogP contribution >= 0.6 is 24.0 Å². The average molecular weight is 541 g/mol. The number of amides is 1. The summed E-state index contributed by atoms with van der Waals surface area (Å²) in [4.78, 5) is 28.2. The molecule has 0 bridgehead atoms. The molecule has 2 aromatic carbocycles. The van der Waals surface area contributed by atoms with Gasteiger partial charge in [0.25, 0.3) is 5.69 Å². The predicted octanol–water partition coefficient (Wildman–Crippen LogP) is 2.59. The standard InChI is InChI=1S/C21H27N5O4.HI/c1-25(2)20(27)15-24-21(22-13-12-17-6-4-5-7-19(17)30-3)23-14-16-8-10-18(11-9-16)26(28)29;/h4-11H,12-15H2,1-3H3,(H2,22,23,24);1H. The Morgan fingerprint density at radius 3 is 2.42 bits per heavy atom. The number of nitro groups is 1. The van der Waals surface area contributed by atoms with Crippen LogP contribution in [-0.4, -0.2) is 56.0 Å². The lowest BCUT2D eigenvalue weighted by atomic mass is 10.1. The third-order valence-electron chi connectivity index (χ3n) is 4.35. The number of ether oxygens (including phenoxy) is 1. The number of rotatable bonds is 9. The van der Waals surface area contributed by atoms with Gasteiger partial charge in [-0.3, -0.25) is 14.9 Å². The number of methoxy groups -OCH3 is 1. The molecule has 0 unspecified atom stereocenters. The summed E-state index contributed by atoms with van der Waals surface area (Å²) in [5, 5.41) is 17.0. The summed E-state index contributed by atoms with van der Waals surface area (Å²) in [6, 6.07) is 14.0. The summed E-state index contributed by atoms with van der Waals surface area (Å²) < 4.78 is 5.37. The van der Waals surface area contributed by atoms with Gasteiger partial charge in [0.2, 0.25) is 5.91 Å². The van der Waals surface area contributed by atoms with Crippen molar-refractivity contribution < 1.29 is 14.5 Å². The van der Waals surface area contributed by atoms with Gasteiger partial charge in [0, 0.05) is 32.8 Å². The molecular formula is C21H28IN5O4. The molecule has 0 fully saturated rings. The number of hydrogen-bond acceptors (Lipinski definition) is 5. The minimum absolute atomic E-state index is 0. The molecule has 0 aliphatic carbocycles. The molecule has 0 aliphatic rings. The van der Waals surface area contributed by atoms with E-state index in [1.165, 1.54) is 17.0 Å². The summed E-state index contributed by atoms with van der Waals surface area (Å²) in [6.07, 6.45) is 0.712. The lowest BCUT2D eigenvalue weighted by molar-refractivity contribution is -0.384. The third-order valence-corrected chi connectivity index (χ3v) is 4.35. The van der Waals surface area contributed by atoms with Gasteiger partial charge in [-0.05, 0) is 23.6 Å². The summed E-state index contributed by atoms with van der Waals surface area (Å²) in [6.45, 7) is 1.01. The highest BCUT2D eigenvalue weighted by Gasteiger charge is 2.08. The minimum atomic E-state index is -0.438. The molecular weight excluding hydrogens is 513 g/mol. The molecule has 168 valence electrons. The van der Waals surface area contributed by atoms with Crippen molar-refractivity contribution in [2.24, 2.45) is 4.99 Å². The first kappa shape index (κ1) is 26.1. The summed E-state index contributed by atoms with van der Waals surface area (Å²) >= 11 is 0. The first-order chi connectivity index (χ1) is 14.4. The van der Waals surface area contributed by atoms with Crippen molar-refractivity contribution >= 4 is 41.5 Å². The van der Waals surface area contributed by atoms with Crippen molar-refractivity contribution in [2.75, 3.05) is 34.3 Å². The van der Waals surface area contributed by atoms with Gasteiger partial charge in [-0.15, -0.1) is 24.0 Å². The average Bonchev–Trinajstić information content (AvgIpc) is 2.75. The predicted molar refractivity (Wildman–Crippen MR) is 131 cm³/mol. The number of carbonyl (C=O) groups excluding carboxylic acids is 1. The monoisotopic (exact) mass is 541 g/mol. The molecule has 9 nitrogen and oxygen atoms in total. The van der Waals surface area contributed by atoms with Gasteiger partial charge in [-0.25, -0.2) is 4.99 Å². The summed E-state index contributed by atoms with van der Waals surface area (Å²) in [5.74, 6) is 1.22. The number of nitrogens with one attached hydrogen (secondary N) is 2. The maximum atomic E-state index is 11.9. The van der Waals surface area contributed by atoms with E-state index >= 15 is 0 Å². The lowest BCUT2D eigenvalue weighted by Gasteiger charge is -2.15. The molecule has 0 aromatic heterocycles. The highest BCUT2D eigenvalue weighted by atomic mass is 127. The second kappa shape index (κ2) is 13.4. The molecule has 0 saturated heterocycles. The van der Waals surface area contributed by atoms with Crippen LogP contribution in [0.2, 0.25) is 0 Å². The van der Waals surface area contributed by atoms with Crippen LogP contribution in [0.15, 0.2) is 53.5 Å². The number of likely N-dealkylation sites (N-methyl/N-ethyl adjacent to an activating group) is 1. The number of hydrogen-bond donors (Lipinski definition) is 2. The van der Waals surface area contributed by atoms with Gasteiger partial charge >= 0.3 is 0 Å². The Morgan fingerprint density at radius 2 is 1.81 bits per heavy atom. The molecule has 0 atom stereocenters. The van der Waals surface area contributed by atoms with E-state index in [0.29, 0.717) is 25.5 Å². The van der Waals surface area contributed by atoms with Crippen LogP contribution in [-0.2, 0) is 17.8 Å². The number of benzene rings is 2. The zero-order valence-electron chi connectivity index (χ0n) is 17.8. The van der Waals surface area contributed by atoms with Crippen LogP contribution in [0.3, 0.4) is 0 Å². The Balaban J connectivity index is 0.00000480. The van der Waals surface area contributed by atoms with Crippen molar-refractivity contribution in [1.82, 2.24) is 15.5 Å². The van der Waals surface area contributed by atoms with Crippen LogP contribution in [0.4, 0.5) is 5.69 Å². The van der Waals surface area contributed by atoms with Crippen LogP contribution in [0.25, 0.3) is 0 Å². The largest absolute Gasteiger partial charge is 0.496 e. The highest BCUT2D eigenvalue weighted by Crippen LogP contribution is 2.17. The smallest absolute Gasteiger partial charge is 0.269 e. The van der Waals surface area contributed by atoms with E-state index in [2.05, 4.69) is 15.6 Å². The number of halogens is 1. The van der Waals surface area contributed by atoms with Crippen molar-refractivity contribution in [2.45, 2.75) is 13.0 Å². The number of guanidine groups is 1. The Morgan fingerprint density at radius 1 is 1.13 bits per heavy atom. The number of nitro benzene ring substituents is 1. The van der Waals surface area contributed by atoms with Gasteiger partial charge in [0.1, 0.15) is 5.75 Å². The van der Waals surface area contributed by atoms with Gasteiger partial charge < -0.3 is 20.3 Å². The Bertz CT molecular complexity index is 888. The number of non-ortho nitro benzene ring substituents is 1. The molecule has 1 amide bonds. The molecule has 0 spiro atoms. The minimum Gasteiger partial charge on any atom is -0.496 e. The third kappa shape index (κ3) is 8.79. The number of nitrogens with zero attached hydrogens (tertiary/aromatic N) is 3. The maximum Gasteiger partial charge on any atom is 0.269 e. The van der Waals surface area contributed by atoms with Gasteiger partial charge in [0.15, 0.2) is 5.96 Å². The van der Waals surface area contributed by atoms with Crippen LogP contribution in [0, 0.1) is 10.1 Å². The fourth-order valence-electron chi connectivity index (χ4n) is 2.61. The highest BCUT2D eigenvalue weighted by molar-refractivity contribution is 14.0. The molecule has 0 aliphatic heterocycles. The van der Waals surface area contributed by atoms with Crippen LogP contribution in [0.1, 0.15) is 11.1 Å². The number of para-hydroxylation sites is 1. The first-order valence-corrected chi connectivity index (χ1v) is 9.48. The lowest BCUT2D eigenvalue weighted by Crippen LogP contribution is -2.43. The second-order valence-electron chi connectivity index (χ2n) is 6.72.